The van der Waals surface area contributed by atoms with Gasteiger partial charge in [0.05, 0.1) is 6.20 Å². The van der Waals surface area contributed by atoms with Crippen LogP contribution in [0.3, 0.4) is 0 Å². The van der Waals surface area contributed by atoms with E-state index in [4.69, 9.17) is 10.6 Å². The van der Waals surface area contributed by atoms with Crippen LogP contribution in [-0.4, -0.2) is 20.2 Å². The molecule has 0 radical (unpaired) electrons. The van der Waals surface area contributed by atoms with E-state index in [1.54, 1.807) is 6.20 Å². The van der Waals surface area contributed by atoms with Crippen LogP contribution in [-0.2, 0) is 6.61 Å². The quantitative estimate of drug-likeness (QED) is 0.479. The van der Waals surface area contributed by atoms with Gasteiger partial charge in [0.15, 0.2) is 5.65 Å². The molecule has 2 aromatic heterocycles. The van der Waals surface area contributed by atoms with Gasteiger partial charge in [-0.15, -0.1) is 0 Å². The van der Waals surface area contributed by atoms with Crippen LogP contribution in [0.2, 0.25) is 0 Å². The standard InChI is InChI=1S/C12H12N6O/c13-17-12-15-10-9(6-14-18-10)11(16-12)19-7-8-4-2-1-3-5-8/h1-6H,7,13H2,(H2,14,15,16,17,18). The zero-order valence-electron chi connectivity index (χ0n) is 10.00. The molecule has 0 saturated heterocycles. The number of hydrazine groups is 1. The highest BCUT2D eigenvalue weighted by Crippen LogP contribution is 2.22. The maximum Gasteiger partial charge on any atom is 0.242 e. The lowest BCUT2D eigenvalue weighted by molar-refractivity contribution is 0.298. The summed E-state index contributed by atoms with van der Waals surface area (Å²) in [6.45, 7) is 0.419. The Balaban J connectivity index is 1.89. The Labute approximate surface area is 108 Å². The van der Waals surface area contributed by atoms with E-state index in [0.29, 0.717) is 18.1 Å². The largest absolute Gasteiger partial charge is 0.472 e. The topological polar surface area (TPSA) is 102 Å². The number of aromatic nitrogens is 4. The summed E-state index contributed by atoms with van der Waals surface area (Å²) in [5, 5.41) is 7.39. The number of benzene rings is 1. The molecule has 0 aliphatic carbocycles. The molecule has 7 heteroatoms. The zero-order chi connectivity index (χ0) is 13.1. The van der Waals surface area contributed by atoms with Crippen LogP contribution < -0.4 is 16.0 Å². The van der Waals surface area contributed by atoms with Gasteiger partial charge >= 0.3 is 0 Å². The van der Waals surface area contributed by atoms with E-state index >= 15 is 0 Å². The second kappa shape index (κ2) is 4.91. The number of nitrogens with one attached hydrogen (secondary N) is 2. The Morgan fingerprint density at radius 1 is 1.21 bits per heavy atom. The van der Waals surface area contributed by atoms with Gasteiger partial charge in [-0.25, -0.2) is 5.84 Å². The number of H-pyrrole nitrogens is 1. The van der Waals surface area contributed by atoms with Crippen molar-refractivity contribution in [1.29, 1.82) is 0 Å². The molecule has 19 heavy (non-hydrogen) atoms. The molecule has 2 heterocycles. The van der Waals surface area contributed by atoms with E-state index in [1.165, 1.54) is 0 Å². The molecule has 0 bridgehead atoms. The van der Waals surface area contributed by atoms with Gasteiger partial charge in [0.2, 0.25) is 11.8 Å². The summed E-state index contributed by atoms with van der Waals surface area (Å²) in [4.78, 5) is 8.30. The first-order valence-electron chi connectivity index (χ1n) is 5.71. The van der Waals surface area contributed by atoms with Crippen molar-refractivity contribution in [3.8, 4) is 5.88 Å². The number of ether oxygens (including phenoxy) is 1. The molecule has 0 amide bonds. The predicted octanol–water partition coefficient (Wildman–Crippen LogP) is 1.22. The second-order valence-electron chi connectivity index (χ2n) is 3.90. The summed E-state index contributed by atoms with van der Waals surface area (Å²) in [7, 11) is 0. The average Bonchev–Trinajstić information content (AvgIpc) is 2.94. The molecule has 0 fully saturated rings. The second-order valence-corrected chi connectivity index (χ2v) is 3.90. The number of hydrogen-bond donors (Lipinski definition) is 3. The first kappa shape index (κ1) is 11.4. The number of nitrogens with zero attached hydrogens (tertiary/aromatic N) is 3. The third-order valence-corrected chi connectivity index (χ3v) is 2.62. The van der Waals surface area contributed by atoms with Gasteiger partial charge in [-0.2, -0.15) is 15.1 Å². The average molecular weight is 256 g/mol. The van der Waals surface area contributed by atoms with Gasteiger partial charge in [0.1, 0.15) is 12.0 Å². The third-order valence-electron chi connectivity index (χ3n) is 2.62. The lowest BCUT2D eigenvalue weighted by Gasteiger charge is -2.07. The summed E-state index contributed by atoms with van der Waals surface area (Å²) in [5.41, 5.74) is 4.03. The molecule has 0 unspecified atom stereocenters. The molecule has 1 aromatic carbocycles. The first-order valence-corrected chi connectivity index (χ1v) is 5.71. The monoisotopic (exact) mass is 256 g/mol. The summed E-state index contributed by atoms with van der Waals surface area (Å²) < 4.78 is 5.70. The number of rotatable bonds is 4. The number of nitrogens with two attached hydrogens (primary N) is 1. The first-order chi connectivity index (χ1) is 9.36. The molecule has 3 aromatic rings. The van der Waals surface area contributed by atoms with Crippen LogP contribution in [0.5, 0.6) is 5.88 Å². The summed E-state index contributed by atoms with van der Waals surface area (Å²) in [6.07, 6.45) is 1.62. The van der Waals surface area contributed by atoms with E-state index < -0.39 is 0 Å². The molecular weight excluding hydrogens is 244 g/mol. The van der Waals surface area contributed by atoms with E-state index in [1.807, 2.05) is 30.3 Å². The SMILES string of the molecule is NNc1nc(OCc2ccccc2)c2cn[nH]c2n1. The fourth-order valence-corrected chi connectivity index (χ4v) is 1.71. The van der Waals surface area contributed by atoms with E-state index in [0.717, 1.165) is 10.9 Å². The smallest absolute Gasteiger partial charge is 0.242 e. The molecule has 0 aliphatic heterocycles. The molecule has 0 saturated carbocycles. The molecule has 4 N–H and O–H groups in total. The normalized spacial score (nSPS) is 10.6. The summed E-state index contributed by atoms with van der Waals surface area (Å²) >= 11 is 0. The van der Waals surface area contributed by atoms with Crippen LogP contribution in [0.25, 0.3) is 11.0 Å². The van der Waals surface area contributed by atoms with Crippen LogP contribution in [0.4, 0.5) is 5.95 Å². The Morgan fingerprint density at radius 2 is 2.05 bits per heavy atom. The lowest BCUT2D eigenvalue weighted by atomic mass is 10.2. The van der Waals surface area contributed by atoms with Crippen LogP contribution in [0, 0.1) is 0 Å². The third kappa shape index (κ3) is 2.31. The summed E-state index contributed by atoms with van der Waals surface area (Å²) in [5.74, 6) is 6.04. The number of hydrogen-bond acceptors (Lipinski definition) is 6. The van der Waals surface area contributed by atoms with Crippen molar-refractivity contribution >= 4 is 17.0 Å². The van der Waals surface area contributed by atoms with Crippen molar-refractivity contribution in [3.05, 3.63) is 42.1 Å². The fraction of sp³-hybridized carbons (Fsp3) is 0.0833. The highest BCUT2D eigenvalue weighted by atomic mass is 16.5. The number of aromatic amines is 1. The minimum atomic E-state index is 0.278. The molecule has 0 spiro atoms. The molecule has 3 rings (SSSR count). The molecule has 7 nitrogen and oxygen atoms in total. The van der Waals surface area contributed by atoms with Crippen LogP contribution in [0.15, 0.2) is 36.5 Å². The summed E-state index contributed by atoms with van der Waals surface area (Å²) in [6, 6.07) is 9.84. The van der Waals surface area contributed by atoms with Gasteiger partial charge in [0.25, 0.3) is 0 Å². The van der Waals surface area contributed by atoms with E-state index in [-0.39, 0.29) is 5.95 Å². The van der Waals surface area contributed by atoms with Gasteiger partial charge in [-0.05, 0) is 5.56 Å². The highest BCUT2D eigenvalue weighted by molar-refractivity contribution is 5.80. The van der Waals surface area contributed by atoms with Gasteiger partial charge in [-0.3, -0.25) is 10.5 Å². The molecule has 0 atom stereocenters. The lowest BCUT2D eigenvalue weighted by Crippen LogP contribution is -2.11. The van der Waals surface area contributed by atoms with Crippen molar-refractivity contribution < 1.29 is 4.74 Å². The zero-order valence-corrected chi connectivity index (χ0v) is 10.00. The Bertz CT molecular complexity index is 681. The number of anilines is 1. The number of fused-ring (bicyclic) bond motifs is 1. The predicted molar refractivity (Wildman–Crippen MR) is 70.3 cm³/mol. The maximum atomic E-state index is 5.70. The van der Waals surface area contributed by atoms with Gasteiger partial charge in [0, 0.05) is 0 Å². The van der Waals surface area contributed by atoms with Crippen LogP contribution >= 0.6 is 0 Å². The van der Waals surface area contributed by atoms with Gasteiger partial charge < -0.3 is 4.74 Å². The Hall–Kier alpha value is -2.67. The fourth-order valence-electron chi connectivity index (χ4n) is 1.71. The maximum absolute atomic E-state index is 5.70. The molecule has 0 aliphatic rings. The van der Waals surface area contributed by atoms with E-state index in [9.17, 15) is 0 Å². The minimum Gasteiger partial charge on any atom is -0.472 e. The molecular formula is C12H12N6O. The highest BCUT2D eigenvalue weighted by Gasteiger charge is 2.10. The minimum absolute atomic E-state index is 0.278. The molecule has 96 valence electrons. The van der Waals surface area contributed by atoms with E-state index in [2.05, 4.69) is 25.6 Å². The van der Waals surface area contributed by atoms with Crippen molar-refractivity contribution in [2.45, 2.75) is 6.61 Å². The van der Waals surface area contributed by atoms with Crippen molar-refractivity contribution in [2.24, 2.45) is 5.84 Å². The van der Waals surface area contributed by atoms with Crippen molar-refractivity contribution in [2.75, 3.05) is 5.43 Å². The Morgan fingerprint density at radius 3 is 2.84 bits per heavy atom. The Kier molecular flexibility index (Phi) is 2.95. The van der Waals surface area contributed by atoms with Crippen LogP contribution in [0.1, 0.15) is 5.56 Å². The number of nitrogen functional groups attached to an aromatic ring is 1. The van der Waals surface area contributed by atoms with Gasteiger partial charge in [-0.1, -0.05) is 30.3 Å². The van der Waals surface area contributed by atoms with Crippen molar-refractivity contribution in [3.63, 3.8) is 0 Å². The van der Waals surface area contributed by atoms with Crippen molar-refractivity contribution in [1.82, 2.24) is 20.2 Å².